The van der Waals surface area contributed by atoms with E-state index in [2.05, 4.69) is 30.3 Å². The van der Waals surface area contributed by atoms with Gasteiger partial charge in [0.05, 0.1) is 0 Å². The highest BCUT2D eigenvalue weighted by Gasteiger charge is 2.20. The second kappa shape index (κ2) is 6.07. The number of amides is 1. The quantitative estimate of drug-likeness (QED) is 0.872. The van der Waals surface area contributed by atoms with E-state index in [0.717, 1.165) is 25.1 Å². The van der Waals surface area contributed by atoms with Gasteiger partial charge < -0.3 is 9.64 Å². The van der Waals surface area contributed by atoms with Crippen LogP contribution in [0.5, 0.6) is 5.75 Å². The fraction of sp³-hybridized carbons (Fsp3) is 0.350. The van der Waals surface area contributed by atoms with Gasteiger partial charge in [0, 0.05) is 13.1 Å². The summed E-state index contributed by atoms with van der Waals surface area (Å²) < 4.78 is 5.74. The van der Waals surface area contributed by atoms with Crippen LogP contribution in [0.2, 0.25) is 0 Å². The summed E-state index contributed by atoms with van der Waals surface area (Å²) >= 11 is 0. The Morgan fingerprint density at radius 3 is 2.65 bits per heavy atom. The van der Waals surface area contributed by atoms with Gasteiger partial charge in [-0.3, -0.25) is 4.79 Å². The third kappa shape index (κ3) is 2.96. The second-order valence-electron chi connectivity index (χ2n) is 6.41. The average Bonchev–Trinajstić information content (AvgIpc) is 3.07. The molecule has 0 atom stereocenters. The smallest absolute Gasteiger partial charge is 0.260 e. The third-order valence-corrected chi connectivity index (χ3v) is 4.92. The number of carbonyl (C=O) groups is 1. The van der Waals surface area contributed by atoms with Crippen LogP contribution in [0.4, 0.5) is 0 Å². The number of ether oxygens (including phenoxy) is 1. The zero-order valence-corrected chi connectivity index (χ0v) is 13.3. The summed E-state index contributed by atoms with van der Waals surface area (Å²) in [6.45, 7) is 1.60. The van der Waals surface area contributed by atoms with Crippen molar-refractivity contribution in [3.63, 3.8) is 0 Å². The summed E-state index contributed by atoms with van der Waals surface area (Å²) in [5.74, 6) is 0.886. The predicted molar refractivity (Wildman–Crippen MR) is 89.5 cm³/mol. The standard InChI is InChI=1S/C20H21NO2/c22-20(21-11-10-16-4-1-2-5-18(16)13-21)14-23-19-9-8-15-6-3-7-17(15)12-19/h1-2,4-5,8-9,12H,3,6-7,10-11,13-14H2. The van der Waals surface area contributed by atoms with Gasteiger partial charge in [-0.25, -0.2) is 0 Å². The zero-order chi connectivity index (χ0) is 15.6. The molecule has 0 aromatic heterocycles. The van der Waals surface area contributed by atoms with E-state index < -0.39 is 0 Å². The van der Waals surface area contributed by atoms with Gasteiger partial charge in [0.2, 0.25) is 0 Å². The Bertz CT molecular complexity index is 738. The highest BCUT2D eigenvalue weighted by atomic mass is 16.5. The number of aryl methyl sites for hydroxylation is 2. The molecular weight excluding hydrogens is 286 g/mol. The number of rotatable bonds is 3. The maximum absolute atomic E-state index is 12.4. The minimum Gasteiger partial charge on any atom is -0.484 e. The van der Waals surface area contributed by atoms with Gasteiger partial charge in [-0.2, -0.15) is 0 Å². The number of fused-ring (bicyclic) bond motifs is 2. The Morgan fingerprint density at radius 1 is 0.957 bits per heavy atom. The summed E-state index contributed by atoms with van der Waals surface area (Å²) in [5, 5.41) is 0. The molecule has 0 unspecified atom stereocenters. The second-order valence-corrected chi connectivity index (χ2v) is 6.41. The molecule has 0 saturated heterocycles. The van der Waals surface area contributed by atoms with Gasteiger partial charge in [-0.1, -0.05) is 30.3 Å². The Hall–Kier alpha value is -2.29. The average molecular weight is 307 g/mol. The third-order valence-electron chi connectivity index (χ3n) is 4.92. The van der Waals surface area contributed by atoms with Crippen molar-refractivity contribution < 1.29 is 9.53 Å². The number of carbonyl (C=O) groups excluding carboxylic acids is 1. The van der Waals surface area contributed by atoms with Crippen molar-refractivity contribution in [2.45, 2.75) is 32.2 Å². The molecule has 0 fully saturated rings. The molecule has 3 heteroatoms. The molecule has 2 aromatic rings. The molecule has 23 heavy (non-hydrogen) atoms. The van der Waals surface area contributed by atoms with Crippen LogP contribution in [0.25, 0.3) is 0 Å². The highest BCUT2D eigenvalue weighted by molar-refractivity contribution is 5.78. The first kappa shape index (κ1) is 14.3. The van der Waals surface area contributed by atoms with Gasteiger partial charge in [0.1, 0.15) is 5.75 Å². The molecule has 1 aliphatic carbocycles. The van der Waals surface area contributed by atoms with Crippen molar-refractivity contribution in [1.82, 2.24) is 4.90 Å². The molecule has 2 aliphatic rings. The lowest BCUT2D eigenvalue weighted by atomic mass is 10.00. The first-order valence-electron chi connectivity index (χ1n) is 8.39. The summed E-state index contributed by atoms with van der Waals surface area (Å²) in [6, 6.07) is 14.6. The number of nitrogens with zero attached hydrogens (tertiary/aromatic N) is 1. The fourth-order valence-corrected chi connectivity index (χ4v) is 3.58. The van der Waals surface area contributed by atoms with Gasteiger partial charge >= 0.3 is 0 Å². The lowest BCUT2D eigenvalue weighted by molar-refractivity contribution is -0.134. The maximum atomic E-state index is 12.4. The molecule has 2 aromatic carbocycles. The molecule has 4 rings (SSSR count). The fourth-order valence-electron chi connectivity index (χ4n) is 3.58. The highest BCUT2D eigenvalue weighted by Crippen LogP contribution is 2.26. The molecular formula is C20H21NO2. The Kier molecular flexibility index (Phi) is 3.78. The monoisotopic (exact) mass is 307 g/mol. The van der Waals surface area contributed by atoms with Crippen molar-refractivity contribution in [2.24, 2.45) is 0 Å². The van der Waals surface area contributed by atoms with Crippen molar-refractivity contribution in [3.8, 4) is 5.75 Å². The minimum absolute atomic E-state index is 0.0694. The van der Waals surface area contributed by atoms with E-state index in [1.807, 2.05) is 17.0 Å². The normalized spacial score (nSPS) is 15.9. The number of hydrogen-bond donors (Lipinski definition) is 0. The van der Waals surface area contributed by atoms with E-state index in [-0.39, 0.29) is 12.5 Å². The lowest BCUT2D eigenvalue weighted by Gasteiger charge is -2.28. The molecule has 1 aliphatic heterocycles. The molecule has 0 saturated carbocycles. The van der Waals surface area contributed by atoms with Crippen LogP contribution in [0.15, 0.2) is 42.5 Å². The summed E-state index contributed by atoms with van der Waals surface area (Å²) in [7, 11) is 0. The van der Waals surface area contributed by atoms with E-state index in [0.29, 0.717) is 6.54 Å². The Balaban J connectivity index is 1.37. The summed E-state index contributed by atoms with van der Waals surface area (Å²) in [4.78, 5) is 14.3. The first-order valence-corrected chi connectivity index (χ1v) is 8.39. The van der Waals surface area contributed by atoms with Crippen LogP contribution >= 0.6 is 0 Å². The van der Waals surface area contributed by atoms with Crippen molar-refractivity contribution in [3.05, 3.63) is 64.7 Å². The van der Waals surface area contributed by atoms with E-state index in [1.54, 1.807) is 0 Å². The van der Waals surface area contributed by atoms with Crippen LogP contribution in [0.1, 0.15) is 28.7 Å². The Morgan fingerprint density at radius 2 is 1.74 bits per heavy atom. The first-order chi connectivity index (χ1) is 11.3. The van der Waals surface area contributed by atoms with Crippen molar-refractivity contribution in [1.29, 1.82) is 0 Å². The number of benzene rings is 2. The van der Waals surface area contributed by atoms with E-state index in [9.17, 15) is 4.79 Å². The van der Waals surface area contributed by atoms with Crippen LogP contribution in [-0.4, -0.2) is 24.0 Å². The molecule has 3 nitrogen and oxygen atoms in total. The van der Waals surface area contributed by atoms with Gasteiger partial charge in [0.15, 0.2) is 6.61 Å². The van der Waals surface area contributed by atoms with E-state index in [4.69, 9.17) is 4.74 Å². The van der Waals surface area contributed by atoms with Crippen molar-refractivity contribution >= 4 is 5.91 Å². The van der Waals surface area contributed by atoms with Crippen LogP contribution in [0, 0.1) is 0 Å². The van der Waals surface area contributed by atoms with Crippen molar-refractivity contribution in [2.75, 3.05) is 13.2 Å². The van der Waals surface area contributed by atoms with Crippen LogP contribution < -0.4 is 4.74 Å². The topological polar surface area (TPSA) is 29.5 Å². The molecule has 1 amide bonds. The molecule has 0 radical (unpaired) electrons. The molecule has 118 valence electrons. The van der Waals surface area contributed by atoms with Gasteiger partial charge in [-0.15, -0.1) is 0 Å². The predicted octanol–water partition coefficient (Wildman–Crippen LogP) is 3.14. The zero-order valence-electron chi connectivity index (χ0n) is 13.3. The van der Waals surface area contributed by atoms with E-state index >= 15 is 0 Å². The summed E-state index contributed by atoms with van der Waals surface area (Å²) in [5.41, 5.74) is 5.42. The van der Waals surface area contributed by atoms with E-state index in [1.165, 1.54) is 35.1 Å². The van der Waals surface area contributed by atoms with Crippen LogP contribution in [0.3, 0.4) is 0 Å². The van der Waals surface area contributed by atoms with Gasteiger partial charge in [-0.05, 0) is 60.1 Å². The largest absolute Gasteiger partial charge is 0.484 e. The van der Waals surface area contributed by atoms with Gasteiger partial charge in [0.25, 0.3) is 5.91 Å². The minimum atomic E-state index is 0.0694. The molecule has 1 heterocycles. The maximum Gasteiger partial charge on any atom is 0.260 e. The Labute approximate surface area is 136 Å². The number of hydrogen-bond acceptors (Lipinski definition) is 2. The SMILES string of the molecule is O=C(COc1ccc2c(c1)CCC2)N1CCc2ccccc2C1. The summed E-state index contributed by atoms with van der Waals surface area (Å²) in [6.07, 6.45) is 4.46. The van der Waals surface area contributed by atoms with Crippen LogP contribution in [-0.2, 0) is 30.6 Å². The molecule has 0 spiro atoms. The molecule has 0 bridgehead atoms. The molecule has 0 N–H and O–H groups in total. The lowest BCUT2D eigenvalue weighted by Crippen LogP contribution is -2.38.